The minimum Gasteiger partial charge on any atom is -0.0622 e. The van der Waals surface area contributed by atoms with Crippen LogP contribution >= 0.6 is 0 Å². The van der Waals surface area contributed by atoms with E-state index in [2.05, 4.69) is 133 Å². The highest BCUT2D eigenvalue weighted by Gasteiger charge is 2.20. The molecule has 0 aliphatic carbocycles. The van der Waals surface area contributed by atoms with Crippen LogP contribution in [0.25, 0.3) is 65.3 Å². The lowest BCUT2D eigenvalue weighted by molar-refractivity contribution is 1.63. The summed E-state index contributed by atoms with van der Waals surface area (Å²) < 4.78 is 0. The predicted octanol–water partition coefficient (Wildman–Crippen LogP) is 9.63. The molecule has 0 bridgehead atoms. The molecule has 0 unspecified atom stereocenters. The van der Waals surface area contributed by atoms with Crippen molar-refractivity contribution in [3.05, 3.63) is 133 Å². The minimum absolute atomic E-state index is 1.25. The third kappa shape index (κ3) is 2.79. The molecule has 0 heteroatoms. The molecule has 0 nitrogen and oxygen atoms in total. The molecule has 0 aromatic heterocycles. The molecule has 0 fully saturated rings. The smallest absolute Gasteiger partial charge is 0.00139 e. The van der Waals surface area contributed by atoms with Gasteiger partial charge in [-0.2, -0.15) is 0 Å². The van der Waals surface area contributed by atoms with Crippen molar-refractivity contribution in [1.82, 2.24) is 0 Å². The Morgan fingerprint density at radius 2 is 0.647 bits per heavy atom. The maximum Gasteiger partial charge on any atom is -0.00139 e. The lowest BCUT2D eigenvalue weighted by atomic mass is 9.82. The first-order valence-electron chi connectivity index (χ1n) is 11.8. The Kier molecular flexibility index (Phi) is 4.25. The second-order valence-corrected chi connectivity index (χ2v) is 8.90. The van der Waals surface area contributed by atoms with Crippen LogP contribution in [-0.4, -0.2) is 0 Å². The Hall–Kier alpha value is -4.42. The highest BCUT2D eigenvalue weighted by Crippen LogP contribution is 2.48. The zero-order chi connectivity index (χ0) is 22.5. The summed E-state index contributed by atoms with van der Waals surface area (Å²) in [6.07, 6.45) is 0. The summed E-state index contributed by atoms with van der Waals surface area (Å²) in [4.78, 5) is 0. The highest BCUT2D eigenvalue weighted by atomic mass is 14.2. The number of hydrogen-bond donors (Lipinski definition) is 0. The van der Waals surface area contributed by atoms with Crippen LogP contribution in [0.5, 0.6) is 0 Å². The number of fused-ring (bicyclic) bond motifs is 7. The molecule has 0 heterocycles. The molecule has 0 N–H and O–H groups in total. The van der Waals surface area contributed by atoms with Crippen molar-refractivity contribution in [2.45, 2.75) is 0 Å². The molecule has 0 aliphatic heterocycles. The minimum atomic E-state index is 1.25. The van der Waals surface area contributed by atoms with Crippen LogP contribution in [0.3, 0.4) is 0 Å². The van der Waals surface area contributed by atoms with Crippen LogP contribution in [0.2, 0.25) is 0 Å². The van der Waals surface area contributed by atoms with Crippen LogP contribution in [0.4, 0.5) is 0 Å². The zero-order valence-corrected chi connectivity index (χ0v) is 18.7. The third-order valence-electron chi connectivity index (χ3n) is 7.02. The summed E-state index contributed by atoms with van der Waals surface area (Å²) in [5.41, 5.74) is 5.10. The topological polar surface area (TPSA) is 0 Å². The lowest BCUT2D eigenvalue weighted by Gasteiger charge is -2.21. The molecule has 0 aliphatic rings. The van der Waals surface area contributed by atoms with Crippen LogP contribution in [0.1, 0.15) is 0 Å². The first kappa shape index (κ1) is 19.1. The second-order valence-electron chi connectivity index (χ2n) is 8.90. The molecule has 0 saturated carbocycles. The Bertz CT molecular complexity index is 1690. The van der Waals surface area contributed by atoms with Gasteiger partial charge in [-0.15, -0.1) is 0 Å². The van der Waals surface area contributed by atoms with E-state index in [-0.39, 0.29) is 0 Å². The van der Waals surface area contributed by atoms with Crippen molar-refractivity contribution >= 4 is 43.1 Å². The molecular formula is C34H22. The van der Waals surface area contributed by atoms with E-state index in [1.54, 1.807) is 0 Å². The van der Waals surface area contributed by atoms with Gasteiger partial charge in [0.15, 0.2) is 0 Å². The number of hydrogen-bond acceptors (Lipinski definition) is 0. The highest BCUT2D eigenvalue weighted by molar-refractivity contribution is 6.33. The van der Waals surface area contributed by atoms with E-state index >= 15 is 0 Å². The van der Waals surface area contributed by atoms with E-state index in [0.717, 1.165) is 0 Å². The van der Waals surface area contributed by atoms with E-state index in [1.165, 1.54) is 65.3 Å². The molecule has 0 amide bonds. The van der Waals surface area contributed by atoms with Gasteiger partial charge in [-0.3, -0.25) is 0 Å². The fourth-order valence-corrected chi connectivity index (χ4v) is 5.58. The maximum atomic E-state index is 2.33. The van der Waals surface area contributed by atoms with Crippen molar-refractivity contribution in [2.75, 3.05) is 0 Å². The van der Waals surface area contributed by atoms with Gasteiger partial charge >= 0.3 is 0 Å². The number of rotatable bonds is 2. The molecule has 158 valence electrons. The second kappa shape index (κ2) is 7.57. The van der Waals surface area contributed by atoms with Crippen LogP contribution in [0.15, 0.2) is 133 Å². The molecule has 7 aromatic rings. The Morgan fingerprint density at radius 1 is 0.265 bits per heavy atom. The van der Waals surface area contributed by atoms with E-state index in [0.29, 0.717) is 0 Å². The van der Waals surface area contributed by atoms with Gasteiger partial charge in [0.25, 0.3) is 0 Å². The first-order valence-corrected chi connectivity index (χ1v) is 11.8. The van der Waals surface area contributed by atoms with Crippen molar-refractivity contribution in [3.63, 3.8) is 0 Å². The molecule has 34 heavy (non-hydrogen) atoms. The normalized spacial score (nSPS) is 11.5. The van der Waals surface area contributed by atoms with Gasteiger partial charge in [-0.25, -0.2) is 0 Å². The van der Waals surface area contributed by atoms with E-state index in [1.807, 2.05) is 0 Å². The van der Waals surface area contributed by atoms with Crippen LogP contribution in [-0.2, 0) is 0 Å². The fraction of sp³-hybridized carbons (Fsp3) is 0. The van der Waals surface area contributed by atoms with Gasteiger partial charge in [-0.05, 0) is 65.3 Å². The van der Waals surface area contributed by atoms with Gasteiger partial charge in [0.05, 0.1) is 0 Å². The Labute approximate surface area is 198 Å². The van der Waals surface area contributed by atoms with Crippen molar-refractivity contribution < 1.29 is 0 Å². The van der Waals surface area contributed by atoms with Gasteiger partial charge in [0, 0.05) is 0 Å². The molecule has 7 rings (SSSR count). The van der Waals surface area contributed by atoms with Gasteiger partial charge in [-0.1, -0.05) is 133 Å². The molecule has 0 saturated heterocycles. The molecule has 0 spiro atoms. The molecular weight excluding hydrogens is 408 g/mol. The van der Waals surface area contributed by atoms with E-state index < -0.39 is 0 Å². The van der Waals surface area contributed by atoms with Crippen molar-refractivity contribution in [3.8, 4) is 22.3 Å². The fourth-order valence-electron chi connectivity index (χ4n) is 5.58. The van der Waals surface area contributed by atoms with Crippen LogP contribution < -0.4 is 0 Å². The largest absolute Gasteiger partial charge is 0.0622 e. The predicted molar refractivity (Wildman–Crippen MR) is 147 cm³/mol. The Morgan fingerprint density at radius 3 is 1.09 bits per heavy atom. The quantitative estimate of drug-likeness (QED) is 0.239. The summed E-state index contributed by atoms with van der Waals surface area (Å²) >= 11 is 0. The molecule has 0 radical (unpaired) electrons. The standard InChI is InChI=1S/C34H22/c1-3-13-25(14-4-1)31-29-21-19-23-11-7-9-17-27(23)33(29)34-28-18-10-8-12-24(28)20-22-30(34)32(31)26-15-5-2-6-16-26/h1-22H. The summed E-state index contributed by atoms with van der Waals surface area (Å²) in [5, 5.41) is 10.4. The third-order valence-corrected chi connectivity index (χ3v) is 7.02. The summed E-state index contributed by atoms with van der Waals surface area (Å²) in [6, 6.07) is 48.5. The summed E-state index contributed by atoms with van der Waals surface area (Å²) in [6.45, 7) is 0. The van der Waals surface area contributed by atoms with E-state index in [4.69, 9.17) is 0 Å². The van der Waals surface area contributed by atoms with Crippen molar-refractivity contribution in [2.24, 2.45) is 0 Å². The first-order chi connectivity index (χ1) is 16.9. The molecule has 0 atom stereocenters. The van der Waals surface area contributed by atoms with Gasteiger partial charge < -0.3 is 0 Å². The maximum absolute atomic E-state index is 2.33. The summed E-state index contributed by atoms with van der Waals surface area (Å²) in [5.74, 6) is 0. The average Bonchev–Trinajstić information content (AvgIpc) is 2.92. The molecule has 7 aromatic carbocycles. The average molecular weight is 431 g/mol. The SMILES string of the molecule is c1ccc(-c2c(-c3ccccc3)c3ccc4ccccc4c3c3c2ccc2ccccc23)cc1. The lowest BCUT2D eigenvalue weighted by Crippen LogP contribution is -1.93. The van der Waals surface area contributed by atoms with Gasteiger partial charge in [0.1, 0.15) is 0 Å². The number of benzene rings is 7. The van der Waals surface area contributed by atoms with Gasteiger partial charge in [0.2, 0.25) is 0 Å². The van der Waals surface area contributed by atoms with E-state index in [9.17, 15) is 0 Å². The van der Waals surface area contributed by atoms with Crippen LogP contribution in [0, 0.1) is 0 Å². The Balaban J connectivity index is 1.85. The zero-order valence-electron chi connectivity index (χ0n) is 18.7. The monoisotopic (exact) mass is 430 g/mol. The van der Waals surface area contributed by atoms with Crippen molar-refractivity contribution in [1.29, 1.82) is 0 Å². The summed E-state index contributed by atoms with van der Waals surface area (Å²) in [7, 11) is 0.